The van der Waals surface area contributed by atoms with Gasteiger partial charge in [-0.05, 0) is 42.3 Å². The van der Waals surface area contributed by atoms with Crippen molar-refractivity contribution in [2.75, 3.05) is 6.54 Å². The van der Waals surface area contributed by atoms with Crippen LogP contribution in [0.2, 0.25) is 0 Å². The largest absolute Gasteiger partial charge is 0.361 e. The van der Waals surface area contributed by atoms with Crippen LogP contribution in [0.3, 0.4) is 0 Å². The van der Waals surface area contributed by atoms with Crippen LogP contribution >= 0.6 is 35.3 Å². The second kappa shape index (κ2) is 11.5. The Bertz CT molecular complexity index is 1160. The predicted octanol–water partition coefficient (Wildman–Crippen LogP) is 4.32. The van der Waals surface area contributed by atoms with Gasteiger partial charge in [0.25, 0.3) is 0 Å². The average Bonchev–Trinajstić information content (AvgIpc) is 3.52. The topological polar surface area (TPSA) is 82.9 Å². The average molecular weight is 564 g/mol. The summed E-state index contributed by atoms with van der Waals surface area (Å²) in [5, 5.41) is 18.7. The van der Waals surface area contributed by atoms with Crippen molar-refractivity contribution in [2.45, 2.75) is 39.8 Å². The number of hydrogen-bond acceptors (Lipinski definition) is 4. The van der Waals surface area contributed by atoms with Crippen LogP contribution in [0.4, 0.5) is 0 Å². The molecular formula is C23H30IN7S. The van der Waals surface area contributed by atoms with Crippen LogP contribution in [0.15, 0.2) is 46.9 Å². The Hall–Kier alpha value is -2.40. The van der Waals surface area contributed by atoms with Crippen LogP contribution in [-0.2, 0) is 33.0 Å². The maximum absolute atomic E-state index is 4.74. The van der Waals surface area contributed by atoms with E-state index in [1.165, 1.54) is 26.9 Å². The Morgan fingerprint density at radius 1 is 1.16 bits per heavy atom. The van der Waals surface area contributed by atoms with Crippen molar-refractivity contribution in [2.24, 2.45) is 12.0 Å². The van der Waals surface area contributed by atoms with Gasteiger partial charge >= 0.3 is 0 Å². The maximum atomic E-state index is 4.74. The molecule has 9 heteroatoms. The molecule has 7 nitrogen and oxygen atoms in total. The molecule has 0 bridgehead atoms. The molecule has 0 fully saturated rings. The van der Waals surface area contributed by atoms with E-state index in [0.29, 0.717) is 6.54 Å². The fourth-order valence-corrected chi connectivity index (χ4v) is 4.23. The Balaban J connectivity index is 0.00000289. The molecule has 0 amide bonds. The highest BCUT2D eigenvalue weighted by atomic mass is 127. The summed E-state index contributed by atoms with van der Waals surface area (Å²) in [5.41, 5.74) is 3.93. The molecule has 0 aliphatic rings. The number of halogens is 1. The number of nitrogens with zero attached hydrogens (tertiary/aromatic N) is 4. The van der Waals surface area contributed by atoms with Crippen molar-refractivity contribution in [3.8, 4) is 0 Å². The maximum Gasteiger partial charge on any atom is 0.192 e. The number of rotatable bonds is 8. The first-order valence-electron chi connectivity index (χ1n) is 10.6. The third-order valence-electron chi connectivity index (χ3n) is 5.53. The number of aromatic nitrogens is 4. The van der Waals surface area contributed by atoms with E-state index in [1.54, 1.807) is 11.3 Å². The molecule has 0 aliphatic carbocycles. The summed E-state index contributed by atoms with van der Waals surface area (Å²) in [5.74, 6) is 2.51. The molecule has 3 heterocycles. The number of fused-ring (bicyclic) bond motifs is 1. The summed E-state index contributed by atoms with van der Waals surface area (Å²) in [6.07, 6.45) is 4.07. The first-order chi connectivity index (χ1) is 15.2. The Labute approximate surface area is 209 Å². The van der Waals surface area contributed by atoms with Gasteiger partial charge in [-0.15, -0.1) is 45.5 Å². The molecule has 0 atom stereocenters. The number of para-hydroxylation sites is 1. The molecule has 0 aliphatic heterocycles. The monoisotopic (exact) mass is 563 g/mol. The van der Waals surface area contributed by atoms with Crippen LogP contribution in [0.1, 0.15) is 34.6 Å². The Kier molecular flexibility index (Phi) is 8.68. The van der Waals surface area contributed by atoms with Crippen molar-refractivity contribution in [1.29, 1.82) is 0 Å². The highest BCUT2D eigenvalue weighted by Crippen LogP contribution is 2.22. The fourth-order valence-electron chi connectivity index (χ4n) is 3.59. The normalized spacial score (nSPS) is 11.5. The summed E-state index contributed by atoms with van der Waals surface area (Å²) in [6.45, 7) is 6.15. The molecule has 0 unspecified atom stereocenters. The molecule has 0 spiro atoms. The lowest BCUT2D eigenvalue weighted by atomic mass is 10.1. The van der Waals surface area contributed by atoms with Gasteiger partial charge in [-0.1, -0.05) is 31.2 Å². The standard InChI is InChI=1S/C23H29N7S.HI/c1-4-17-7-5-9-20-18(13-25-22(17)20)10-11-24-23(26-14-19-8-6-12-31-19)27-15-21-29-28-16(2)30(21)3;/h5-9,12-13,25H,4,10-11,14-15H2,1-3H3,(H2,24,26,27);1H. The van der Waals surface area contributed by atoms with Gasteiger partial charge in [-0.2, -0.15) is 0 Å². The van der Waals surface area contributed by atoms with Gasteiger partial charge in [0.2, 0.25) is 0 Å². The molecule has 3 N–H and O–H groups in total. The zero-order chi connectivity index (χ0) is 21.6. The Morgan fingerprint density at radius 3 is 2.75 bits per heavy atom. The second-order valence-corrected chi connectivity index (χ2v) is 8.54. The van der Waals surface area contributed by atoms with Crippen molar-refractivity contribution < 1.29 is 0 Å². The van der Waals surface area contributed by atoms with Gasteiger partial charge in [-0.25, -0.2) is 4.99 Å². The lowest BCUT2D eigenvalue weighted by Gasteiger charge is -2.12. The van der Waals surface area contributed by atoms with Gasteiger partial charge in [-0.3, -0.25) is 0 Å². The number of aryl methyl sites for hydroxylation is 2. The molecule has 170 valence electrons. The predicted molar refractivity (Wildman–Crippen MR) is 143 cm³/mol. The van der Waals surface area contributed by atoms with E-state index in [1.807, 2.05) is 18.5 Å². The summed E-state index contributed by atoms with van der Waals surface area (Å²) in [4.78, 5) is 9.47. The minimum Gasteiger partial charge on any atom is -0.361 e. The number of H-pyrrole nitrogens is 1. The Morgan fingerprint density at radius 2 is 2.03 bits per heavy atom. The third kappa shape index (κ3) is 5.69. The summed E-state index contributed by atoms with van der Waals surface area (Å²) in [7, 11) is 1.97. The summed E-state index contributed by atoms with van der Waals surface area (Å²) >= 11 is 1.74. The van der Waals surface area contributed by atoms with Gasteiger partial charge < -0.3 is 20.2 Å². The quantitative estimate of drug-likeness (QED) is 0.169. The SMILES string of the molecule is CCc1cccc2c(CCNC(=NCc3nnc(C)n3C)NCc3cccs3)c[nH]c12.I. The first-order valence-corrected chi connectivity index (χ1v) is 11.5. The van der Waals surface area contributed by atoms with Gasteiger partial charge in [0.05, 0.1) is 6.54 Å². The molecule has 32 heavy (non-hydrogen) atoms. The van der Waals surface area contributed by atoms with Crippen molar-refractivity contribution >= 4 is 52.2 Å². The smallest absolute Gasteiger partial charge is 0.192 e. The minimum atomic E-state index is 0. The van der Waals surface area contributed by atoms with E-state index in [4.69, 9.17) is 4.99 Å². The molecule has 0 saturated heterocycles. The highest BCUT2D eigenvalue weighted by molar-refractivity contribution is 14.0. The van der Waals surface area contributed by atoms with Crippen molar-refractivity contribution in [3.63, 3.8) is 0 Å². The first kappa shape index (κ1) is 24.2. The van der Waals surface area contributed by atoms with Crippen LogP contribution < -0.4 is 10.6 Å². The lowest BCUT2D eigenvalue weighted by molar-refractivity contribution is 0.750. The van der Waals surface area contributed by atoms with E-state index in [-0.39, 0.29) is 24.0 Å². The molecule has 4 rings (SSSR count). The van der Waals surface area contributed by atoms with Gasteiger partial charge in [0.15, 0.2) is 11.8 Å². The van der Waals surface area contributed by atoms with E-state index in [2.05, 4.69) is 74.6 Å². The molecule has 0 radical (unpaired) electrons. The van der Waals surface area contributed by atoms with E-state index >= 15 is 0 Å². The minimum absolute atomic E-state index is 0. The molecule has 0 saturated carbocycles. The van der Waals surface area contributed by atoms with E-state index in [9.17, 15) is 0 Å². The van der Waals surface area contributed by atoms with E-state index in [0.717, 1.165) is 43.5 Å². The number of hydrogen-bond donors (Lipinski definition) is 3. The number of benzene rings is 1. The zero-order valence-corrected chi connectivity index (χ0v) is 21.8. The van der Waals surface area contributed by atoms with Crippen molar-refractivity contribution in [1.82, 2.24) is 30.4 Å². The highest BCUT2D eigenvalue weighted by Gasteiger charge is 2.08. The van der Waals surface area contributed by atoms with Crippen LogP contribution in [0, 0.1) is 6.92 Å². The third-order valence-corrected chi connectivity index (χ3v) is 6.40. The molecule has 4 aromatic rings. The number of guanidine groups is 1. The summed E-state index contributed by atoms with van der Waals surface area (Å²) < 4.78 is 1.97. The molecule has 1 aromatic carbocycles. The lowest BCUT2D eigenvalue weighted by Crippen LogP contribution is -2.38. The number of aliphatic imine (C=N–C) groups is 1. The fraction of sp³-hybridized carbons (Fsp3) is 0.348. The zero-order valence-electron chi connectivity index (χ0n) is 18.7. The molecule has 3 aromatic heterocycles. The van der Waals surface area contributed by atoms with E-state index < -0.39 is 0 Å². The van der Waals surface area contributed by atoms with Crippen LogP contribution in [0.5, 0.6) is 0 Å². The number of aromatic amines is 1. The number of nitrogens with one attached hydrogen (secondary N) is 3. The molecular weight excluding hydrogens is 533 g/mol. The summed E-state index contributed by atoms with van der Waals surface area (Å²) in [6, 6.07) is 10.7. The number of thiophene rings is 1. The van der Waals surface area contributed by atoms with Crippen LogP contribution in [-0.4, -0.2) is 32.3 Å². The van der Waals surface area contributed by atoms with Crippen LogP contribution in [0.25, 0.3) is 10.9 Å². The van der Waals surface area contributed by atoms with Gasteiger partial charge in [0, 0.05) is 35.6 Å². The second-order valence-electron chi connectivity index (χ2n) is 7.50. The van der Waals surface area contributed by atoms with Gasteiger partial charge in [0.1, 0.15) is 12.4 Å². The van der Waals surface area contributed by atoms with Crippen molar-refractivity contribution in [3.05, 3.63) is 69.6 Å².